The van der Waals surface area contributed by atoms with Crippen LogP contribution in [0.4, 0.5) is 4.79 Å². The Morgan fingerprint density at radius 1 is 1.11 bits per heavy atom. The van der Waals surface area contributed by atoms with Crippen LogP contribution in [-0.2, 0) is 12.1 Å². The zero-order valence-electron chi connectivity index (χ0n) is 15.6. The van der Waals surface area contributed by atoms with Gasteiger partial charge in [-0.25, -0.2) is 4.79 Å². The van der Waals surface area contributed by atoms with Gasteiger partial charge in [0.15, 0.2) is 0 Å². The third-order valence-corrected chi connectivity index (χ3v) is 6.00. The average molecular weight is 366 g/mol. The normalized spacial score (nSPS) is 26.7. The number of aliphatic hydroxyl groups is 1. The highest BCUT2D eigenvalue weighted by atomic mass is 16.5. The number of para-hydroxylation sites is 1. The van der Waals surface area contributed by atoms with Crippen molar-refractivity contribution in [3.8, 4) is 5.75 Å². The Labute approximate surface area is 160 Å². The van der Waals surface area contributed by atoms with E-state index in [-0.39, 0.29) is 6.03 Å². The maximum atomic E-state index is 12.6. The van der Waals surface area contributed by atoms with Gasteiger partial charge in [-0.3, -0.25) is 0 Å². The molecule has 142 valence electrons. The van der Waals surface area contributed by atoms with Crippen LogP contribution in [0, 0.1) is 11.8 Å². The molecular formula is C22H26N2O3. The number of hydrogen-bond donors (Lipinski definition) is 2. The molecule has 4 rings (SSSR count). The van der Waals surface area contributed by atoms with E-state index < -0.39 is 5.60 Å². The van der Waals surface area contributed by atoms with Gasteiger partial charge < -0.3 is 20.1 Å². The molecule has 0 unspecified atom stereocenters. The monoisotopic (exact) mass is 366 g/mol. The van der Waals surface area contributed by atoms with Crippen LogP contribution in [0.1, 0.15) is 24.0 Å². The van der Waals surface area contributed by atoms with Crippen LogP contribution < -0.4 is 10.1 Å². The number of nitrogens with one attached hydrogen (secondary N) is 1. The third kappa shape index (κ3) is 3.52. The quantitative estimate of drug-likeness (QED) is 0.874. The summed E-state index contributed by atoms with van der Waals surface area (Å²) in [6.07, 6.45) is 1.44. The van der Waals surface area contributed by atoms with Crippen LogP contribution in [0.3, 0.4) is 0 Å². The Hall–Kier alpha value is -2.53. The Kier molecular flexibility index (Phi) is 4.79. The number of urea groups is 1. The molecule has 0 radical (unpaired) electrons. The van der Waals surface area contributed by atoms with Crippen LogP contribution in [-0.4, -0.2) is 36.2 Å². The van der Waals surface area contributed by atoms with Crippen LogP contribution in [0.15, 0.2) is 54.6 Å². The lowest BCUT2D eigenvalue weighted by Crippen LogP contribution is -2.39. The van der Waals surface area contributed by atoms with E-state index in [2.05, 4.69) is 5.32 Å². The number of benzene rings is 2. The molecule has 1 saturated carbocycles. The van der Waals surface area contributed by atoms with E-state index in [0.717, 1.165) is 29.7 Å². The standard InChI is InChI=1S/C22H26N2O3/c1-27-20-10-6-5-7-16(20)13-23-21(25)24-14-17-11-22(26,12-18(17)15-24)19-8-3-2-4-9-19/h2-10,17-18,26H,11-15H2,1H3,(H,23,25)/t17-,18+,22-. The minimum absolute atomic E-state index is 0.0430. The minimum atomic E-state index is -0.753. The number of ether oxygens (including phenoxy) is 1. The fourth-order valence-corrected chi connectivity index (χ4v) is 4.63. The van der Waals surface area contributed by atoms with Crippen LogP contribution in [0.5, 0.6) is 5.75 Å². The zero-order valence-corrected chi connectivity index (χ0v) is 15.6. The fraction of sp³-hybridized carbons (Fsp3) is 0.409. The van der Waals surface area contributed by atoms with Crippen LogP contribution >= 0.6 is 0 Å². The van der Waals surface area contributed by atoms with Crippen LogP contribution in [0.2, 0.25) is 0 Å². The van der Waals surface area contributed by atoms with Gasteiger partial charge in [-0.1, -0.05) is 48.5 Å². The van der Waals surface area contributed by atoms with Crippen molar-refractivity contribution in [1.82, 2.24) is 10.2 Å². The average Bonchev–Trinajstić information content (AvgIpc) is 3.23. The van der Waals surface area contributed by atoms with Gasteiger partial charge in [0.05, 0.1) is 12.7 Å². The molecule has 1 saturated heterocycles. The fourth-order valence-electron chi connectivity index (χ4n) is 4.63. The summed E-state index contributed by atoms with van der Waals surface area (Å²) in [6.45, 7) is 1.86. The van der Waals surface area contributed by atoms with Crippen LogP contribution in [0.25, 0.3) is 0 Å². The maximum absolute atomic E-state index is 12.6. The topological polar surface area (TPSA) is 61.8 Å². The molecule has 2 amide bonds. The van der Waals surface area contributed by atoms with E-state index in [9.17, 15) is 9.90 Å². The van der Waals surface area contributed by atoms with Gasteiger partial charge in [0.25, 0.3) is 0 Å². The highest BCUT2D eigenvalue weighted by Crippen LogP contribution is 2.48. The molecule has 1 heterocycles. The van der Waals surface area contributed by atoms with Crippen molar-refractivity contribution in [3.63, 3.8) is 0 Å². The molecule has 0 bridgehead atoms. The predicted octanol–water partition coefficient (Wildman–Crippen LogP) is 3.13. The second-order valence-electron chi connectivity index (χ2n) is 7.70. The molecule has 1 aliphatic heterocycles. The third-order valence-electron chi connectivity index (χ3n) is 6.00. The molecule has 0 aromatic heterocycles. The first kappa shape index (κ1) is 17.9. The van der Waals surface area contributed by atoms with Gasteiger partial charge in [-0.2, -0.15) is 0 Å². The molecule has 0 spiro atoms. The van der Waals surface area contributed by atoms with E-state index in [0.29, 0.717) is 31.5 Å². The lowest BCUT2D eigenvalue weighted by Gasteiger charge is -2.26. The van der Waals surface area contributed by atoms with Crippen molar-refractivity contribution < 1.29 is 14.6 Å². The Balaban J connectivity index is 1.34. The summed E-state index contributed by atoms with van der Waals surface area (Å²) in [5, 5.41) is 14.1. The highest BCUT2D eigenvalue weighted by molar-refractivity contribution is 5.74. The number of amides is 2. The molecule has 1 aliphatic carbocycles. The molecular weight excluding hydrogens is 340 g/mol. The molecule has 2 aliphatic rings. The van der Waals surface area contributed by atoms with Crippen molar-refractivity contribution in [3.05, 3.63) is 65.7 Å². The Bertz CT molecular complexity index is 794. The Morgan fingerprint density at radius 2 is 1.74 bits per heavy atom. The number of rotatable bonds is 4. The van der Waals surface area contributed by atoms with Crippen molar-refractivity contribution in [1.29, 1.82) is 0 Å². The van der Waals surface area contributed by atoms with Gasteiger partial charge in [0.1, 0.15) is 5.75 Å². The highest BCUT2D eigenvalue weighted by Gasteiger charge is 2.49. The molecule has 5 heteroatoms. The summed E-state index contributed by atoms with van der Waals surface area (Å²) < 4.78 is 5.34. The first-order chi connectivity index (χ1) is 13.1. The SMILES string of the molecule is COc1ccccc1CNC(=O)N1C[C@@H]2C[C@@](O)(c3ccccc3)C[C@@H]2C1. The molecule has 5 nitrogen and oxygen atoms in total. The number of fused-ring (bicyclic) bond motifs is 1. The molecule has 2 N–H and O–H groups in total. The number of likely N-dealkylation sites (tertiary alicyclic amines) is 1. The minimum Gasteiger partial charge on any atom is -0.496 e. The maximum Gasteiger partial charge on any atom is 0.317 e. The first-order valence-corrected chi connectivity index (χ1v) is 9.51. The summed E-state index contributed by atoms with van der Waals surface area (Å²) in [5.74, 6) is 1.49. The molecule has 27 heavy (non-hydrogen) atoms. The van der Waals surface area contributed by atoms with E-state index in [1.807, 2.05) is 59.5 Å². The van der Waals surface area contributed by atoms with E-state index in [1.54, 1.807) is 7.11 Å². The van der Waals surface area contributed by atoms with Crippen molar-refractivity contribution in [2.45, 2.75) is 25.0 Å². The second-order valence-corrected chi connectivity index (χ2v) is 7.70. The first-order valence-electron chi connectivity index (χ1n) is 9.51. The number of carbonyl (C=O) groups is 1. The van der Waals surface area contributed by atoms with E-state index in [4.69, 9.17) is 4.74 Å². The summed E-state index contributed by atoms with van der Waals surface area (Å²) in [7, 11) is 1.64. The van der Waals surface area contributed by atoms with Gasteiger partial charge in [-0.05, 0) is 36.3 Å². The van der Waals surface area contributed by atoms with E-state index >= 15 is 0 Å². The van der Waals surface area contributed by atoms with E-state index in [1.165, 1.54) is 0 Å². The van der Waals surface area contributed by atoms with Gasteiger partial charge in [0, 0.05) is 25.2 Å². The molecule has 2 fully saturated rings. The Morgan fingerprint density at radius 3 is 2.41 bits per heavy atom. The summed E-state index contributed by atoms with van der Waals surface area (Å²) in [5.41, 5.74) is 1.20. The summed E-state index contributed by atoms with van der Waals surface area (Å²) in [6, 6.07) is 17.6. The number of carbonyl (C=O) groups excluding carboxylic acids is 1. The number of nitrogens with zero attached hydrogens (tertiary/aromatic N) is 1. The molecule has 3 atom stereocenters. The van der Waals surface area contributed by atoms with Gasteiger partial charge in [0.2, 0.25) is 0 Å². The van der Waals surface area contributed by atoms with Gasteiger partial charge in [-0.15, -0.1) is 0 Å². The zero-order chi connectivity index (χ0) is 18.9. The molecule has 2 aromatic carbocycles. The largest absolute Gasteiger partial charge is 0.496 e. The number of hydrogen-bond acceptors (Lipinski definition) is 3. The smallest absolute Gasteiger partial charge is 0.317 e. The lowest BCUT2D eigenvalue weighted by atomic mass is 9.90. The predicted molar refractivity (Wildman–Crippen MR) is 103 cm³/mol. The molecule has 2 aromatic rings. The van der Waals surface area contributed by atoms with Gasteiger partial charge >= 0.3 is 6.03 Å². The van der Waals surface area contributed by atoms with Crippen molar-refractivity contribution in [2.75, 3.05) is 20.2 Å². The number of methoxy groups -OCH3 is 1. The second kappa shape index (κ2) is 7.24. The summed E-state index contributed by atoms with van der Waals surface area (Å²) in [4.78, 5) is 14.5. The van der Waals surface area contributed by atoms with Crippen molar-refractivity contribution >= 4 is 6.03 Å². The van der Waals surface area contributed by atoms with Crippen molar-refractivity contribution in [2.24, 2.45) is 11.8 Å². The lowest BCUT2D eigenvalue weighted by molar-refractivity contribution is 0.0326. The summed E-state index contributed by atoms with van der Waals surface area (Å²) >= 11 is 0.